The Morgan fingerprint density at radius 3 is 1.28 bits per heavy atom. The van der Waals surface area contributed by atoms with Crippen molar-refractivity contribution >= 4 is 79.0 Å². The van der Waals surface area contributed by atoms with Gasteiger partial charge in [-0.3, -0.25) is 28.8 Å². The number of fused-ring (bicyclic) bond motifs is 2. The third-order valence-corrected chi connectivity index (χ3v) is 13.9. The van der Waals surface area contributed by atoms with Crippen molar-refractivity contribution in [3.8, 4) is 0 Å². The van der Waals surface area contributed by atoms with E-state index < -0.39 is 58.2 Å². The summed E-state index contributed by atoms with van der Waals surface area (Å²) in [6.07, 6.45) is 4.53. The molecule has 0 unspecified atom stereocenters. The molecule has 0 radical (unpaired) electrons. The third-order valence-electron chi connectivity index (χ3n) is 10.5. The second-order valence-electron chi connectivity index (χ2n) is 15.8. The van der Waals surface area contributed by atoms with Crippen LogP contribution in [0.5, 0.6) is 0 Å². The highest BCUT2D eigenvalue weighted by atomic mass is 33.1. The van der Waals surface area contributed by atoms with Crippen LogP contribution < -0.4 is 21.3 Å². The van der Waals surface area contributed by atoms with Gasteiger partial charge in [-0.2, -0.15) is 0 Å². The number of likely N-dealkylation sites (N-methyl/N-ethyl adjacent to an activating group) is 2. The lowest BCUT2D eigenvalue weighted by molar-refractivity contribution is -0.142. The van der Waals surface area contributed by atoms with Crippen molar-refractivity contribution in [2.45, 2.75) is 88.8 Å². The number of esters is 2. The molecule has 0 fully saturated rings. The minimum atomic E-state index is -0.920. The summed E-state index contributed by atoms with van der Waals surface area (Å²) in [5.74, 6) is -4.16. The topological polar surface area (TPSA) is 201 Å². The summed E-state index contributed by atoms with van der Waals surface area (Å²) in [5.41, 5.74) is 3.53. The predicted molar refractivity (Wildman–Crippen MR) is 238 cm³/mol. The van der Waals surface area contributed by atoms with E-state index in [0.29, 0.717) is 12.8 Å². The Bertz CT molecular complexity index is 1940. The maximum atomic E-state index is 14.4. The summed E-state index contributed by atoms with van der Waals surface area (Å²) in [5, 5.41) is 11.8. The van der Waals surface area contributed by atoms with Gasteiger partial charge >= 0.3 is 11.9 Å². The lowest BCUT2D eigenvalue weighted by atomic mass is 9.91. The second-order valence-corrected chi connectivity index (χ2v) is 18.5. The molecule has 0 saturated heterocycles. The van der Waals surface area contributed by atoms with Crippen LogP contribution in [0, 0.1) is 23.7 Å². The SMILES string of the molecule is CNC(=O)[C@H](Cc1c[nH]c2ccccc12)NC(=O)[C@H](CC(C)C)[C@H](CC(=O)OC)SS[C@@H](CC(=O)OC)[C@@H](CC(C)C)C(=O)N[C@@H](Cc1c[nH]c2ccccc12)C(=O)NC. The zero-order valence-electron chi connectivity index (χ0n) is 35.7. The van der Waals surface area contributed by atoms with Gasteiger partial charge in [0.15, 0.2) is 0 Å². The minimum absolute atomic E-state index is 0.0164. The van der Waals surface area contributed by atoms with E-state index in [1.54, 1.807) is 0 Å². The number of para-hydroxylation sites is 2. The molecule has 16 heteroatoms. The standard InChI is InChI=1S/C44H60N6O8S2/c1-25(2)17-31(41(53)49-35(43(55)45-5)19-27-23-47-33-15-11-9-13-29(27)33)37(21-39(51)57-7)59-60-38(22-40(52)58-8)32(18-26(3)4)42(54)50-36(44(56)46-6)20-28-24-48-34-16-12-10-14-30(28)34/h9-16,23-26,31-32,35-38,47-48H,17-22H2,1-8H3,(H,45,55)(H,46,56)(H,49,53)(H,50,54)/t31-,32-,35+,36+,37+,38+/m1/s1. The molecule has 2 heterocycles. The predicted octanol–water partition coefficient (Wildman–Crippen LogP) is 5.47. The van der Waals surface area contributed by atoms with E-state index in [1.807, 2.05) is 88.6 Å². The molecule has 4 rings (SSSR count). The van der Waals surface area contributed by atoms with Crippen molar-refractivity contribution in [2.75, 3.05) is 28.3 Å². The summed E-state index contributed by atoms with van der Waals surface area (Å²) >= 11 is 0. The zero-order chi connectivity index (χ0) is 43.9. The summed E-state index contributed by atoms with van der Waals surface area (Å²) < 4.78 is 10.2. The van der Waals surface area contributed by atoms with Gasteiger partial charge in [0.05, 0.1) is 38.9 Å². The van der Waals surface area contributed by atoms with E-state index >= 15 is 0 Å². The van der Waals surface area contributed by atoms with Crippen LogP contribution in [0.3, 0.4) is 0 Å². The highest BCUT2D eigenvalue weighted by Crippen LogP contribution is 2.43. The van der Waals surface area contributed by atoms with E-state index in [-0.39, 0.29) is 49.3 Å². The number of hydrogen-bond acceptors (Lipinski definition) is 10. The van der Waals surface area contributed by atoms with Crippen LogP contribution in [-0.4, -0.2) is 96.4 Å². The largest absolute Gasteiger partial charge is 0.469 e. The number of aromatic nitrogens is 2. The molecule has 4 aromatic rings. The fourth-order valence-electron chi connectivity index (χ4n) is 7.36. The van der Waals surface area contributed by atoms with E-state index in [1.165, 1.54) is 49.9 Å². The molecule has 6 N–H and O–H groups in total. The first-order chi connectivity index (χ1) is 28.7. The van der Waals surface area contributed by atoms with Crippen LogP contribution in [0.4, 0.5) is 0 Å². The number of amides is 4. The summed E-state index contributed by atoms with van der Waals surface area (Å²) in [6, 6.07) is 13.6. The summed E-state index contributed by atoms with van der Waals surface area (Å²) in [7, 11) is 8.06. The maximum Gasteiger partial charge on any atom is 0.306 e. The van der Waals surface area contributed by atoms with Gasteiger partial charge in [-0.25, -0.2) is 0 Å². The van der Waals surface area contributed by atoms with Crippen LogP contribution in [0.25, 0.3) is 21.8 Å². The van der Waals surface area contributed by atoms with Crippen LogP contribution in [0.1, 0.15) is 64.5 Å². The Hall–Kier alpha value is -4.96. The van der Waals surface area contributed by atoms with Crippen LogP contribution in [0.15, 0.2) is 60.9 Å². The van der Waals surface area contributed by atoms with Crippen molar-refractivity contribution < 1.29 is 38.2 Å². The molecule has 6 atom stereocenters. The van der Waals surface area contributed by atoms with Crippen molar-refractivity contribution in [3.63, 3.8) is 0 Å². The normalized spacial score (nSPS) is 14.5. The van der Waals surface area contributed by atoms with Gasteiger partial charge in [0.1, 0.15) is 12.1 Å². The Balaban J connectivity index is 1.64. The van der Waals surface area contributed by atoms with Gasteiger partial charge in [-0.15, -0.1) is 0 Å². The smallest absolute Gasteiger partial charge is 0.306 e. The Kier molecular flexibility index (Phi) is 18.4. The van der Waals surface area contributed by atoms with Crippen LogP contribution in [-0.2, 0) is 51.1 Å². The van der Waals surface area contributed by atoms with Gasteiger partial charge in [0.25, 0.3) is 0 Å². The van der Waals surface area contributed by atoms with Crippen molar-refractivity contribution in [2.24, 2.45) is 23.7 Å². The second kappa shape index (κ2) is 23.1. The van der Waals surface area contributed by atoms with Gasteiger partial charge in [-0.1, -0.05) is 85.7 Å². The monoisotopic (exact) mass is 864 g/mol. The molecule has 0 aliphatic heterocycles. The molecule has 0 aliphatic carbocycles. The molecule has 2 aromatic carbocycles. The number of H-pyrrole nitrogens is 2. The Morgan fingerprint density at radius 2 is 0.950 bits per heavy atom. The van der Waals surface area contributed by atoms with Crippen LogP contribution in [0.2, 0.25) is 0 Å². The van der Waals surface area contributed by atoms with Gasteiger partial charge in [0.2, 0.25) is 23.6 Å². The number of rotatable bonds is 23. The molecule has 326 valence electrons. The number of benzene rings is 2. The fraction of sp³-hybridized carbons (Fsp3) is 0.500. The van der Waals surface area contributed by atoms with Gasteiger partial charge in [0, 0.05) is 71.6 Å². The van der Waals surface area contributed by atoms with Crippen molar-refractivity contribution in [1.29, 1.82) is 0 Å². The molecular weight excluding hydrogens is 805 g/mol. The quantitative estimate of drug-likeness (QED) is 0.0411. The number of carbonyl (C=O) groups excluding carboxylic acids is 6. The Morgan fingerprint density at radius 1 is 0.583 bits per heavy atom. The highest BCUT2D eigenvalue weighted by Gasteiger charge is 2.38. The summed E-state index contributed by atoms with van der Waals surface area (Å²) in [4.78, 5) is 87.9. The molecule has 14 nitrogen and oxygen atoms in total. The highest BCUT2D eigenvalue weighted by molar-refractivity contribution is 8.77. The molecule has 0 bridgehead atoms. The first-order valence-corrected chi connectivity index (χ1v) is 22.6. The number of ether oxygens (including phenoxy) is 2. The molecule has 0 spiro atoms. The number of aromatic amines is 2. The van der Waals surface area contributed by atoms with E-state index in [2.05, 4.69) is 31.2 Å². The number of hydrogen-bond donors (Lipinski definition) is 6. The molecule has 2 aromatic heterocycles. The number of methoxy groups -OCH3 is 2. The molecular formula is C44H60N6O8S2. The number of nitrogens with one attached hydrogen (secondary N) is 6. The Labute approximate surface area is 360 Å². The van der Waals surface area contributed by atoms with Gasteiger partial charge < -0.3 is 40.7 Å². The minimum Gasteiger partial charge on any atom is -0.469 e. The molecule has 0 aliphatic rings. The first-order valence-electron chi connectivity index (χ1n) is 20.3. The average molecular weight is 865 g/mol. The van der Waals surface area contributed by atoms with E-state index in [9.17, 15) is 28.8 Å². The third kappa shape index (κ3) is 13.3. The molecule has 0 saturated carbocycles. The zero-order valence-corrected chi connectivity index (χ0v) is 37.4. The number of carbonyl (C=O) groups is 6. The fourth-order valence-corrected chi connectivity index (χ4v) is 10.9. The lowest BCUT2D eigenvalue weighted by Gasteiger charge is -2.31. The maximum absolute atomic E-state index is 14.4. The summed E-state index contributed by atoms with van der Waals surface area (Å²) in [6.45, 7) is 7.88. The van der Waals surface area contributed by atoms with Crippen molar-refractivity contribution in [1.82, 2.24) is 31.2 Å². The molecule has 4 amide bonds. The average Bonchev–Trinajstić information content (AvgIpc) is 3.85. The molecule has 60 heavy (non-hydrogen) atoms. The van der Waals surface area contributed by atoms with Crippen molar-refractivity contribution in [3.05, 3.63) is 72.1 Å². The first kappa shape index (κ1) is 47.7. The lowest BCUT2D eigenvalue weighted by Crippen LogP contribution is -2.51. The van der Waals surface area contributed by atoms with Gasteiger partial charge in [-0.05, 0) is 47.9 Å². The van der Waals surface area contributed by atoms with Crippen LogP contribution >= 0.6 is 21.6 Å². The van der Waals surface area contributed by atoms with E-state index in [0.717, 1.165) is 32.9 Å². The van der Waals surface area contributed by atoms with E-state index in [4.69, 9.17) is 9.47 Å².